The standard InChI is InChI=1S/C12H5F6NO2/c13-11(14,15)8-2-6(1-7(5-19)10(20)21)3-9(4-8)12(16,17)18/h1-4H,(H,20,21)/b7-1+. The maximum Gasteiger partial charge on any atom is 0.416 e. The Bertz CT molecular complexity index is 604. The van der Waals surface area contributed by atoms with Gasteiger partial charge in [0.05, 0.1) is 11.1 Å². The maximum absolute atomic E-state index is 12.5. The third-order valence-corrected chi connectivity index (χ3v) is 2.27. The number of hydrogen-bond acceptors (Lipinski definition) is 2. The van der Waals surface area contributed by atoms with Crippen LogP contribution in [0.25, 0.3) is 6.08 Å². The van der Waals surface area contributed by atoms with Crippen molar-refractivity contribution < 1.29 is 36.2 Å². The summed E-state index contributed by atoms with van der Waals surface area (Å²) in [6.45, 7) is 0. The molecular weight excluding hydrogens is 304 g/mol. The summed E-state index contributed by atoms with van der Waals surface area (Å²) in [6.07, 6.45) is -9.65. The Balaban J connectivity index is 3.54. The van der Waals surface area contributed by atoms with Crippen molar-refractivity contribution >= 4 is 12.0 Å². The number of carboxylic acids is 1. The predicted octanol–water partition coefficient (Wildman–Crippen LogP) is 3.72. The average Bonchev–Trinajstić information content (AvgIpc) is 2.33. The smallest absolute Gasteiger partial charge is 0.416 e. The fraction of sp³-hybridized carbons (Fsp3) is 0.167. The van der Waals surface area contributed by atoms with E-state index in [2.05, 4.69) is 0 Å². The van der Waals surface area contributed by atoms with Gasteiger partial charge in [-0.1, -0.05) is 0 Å². The molecule has 0 fully saturated rings. The Morgan fingerprint density at radius 2 is 1.48 bits per heavy atom. The van der Waals surface area contributed by atoms with Gasteiger partial charge in [0, 0.05) is 0 Å². The molecule has 1 aromatic rings. The lowest BCUT2D eigenvalue weighted by atomic mass is 10.0. The van der Waals surface area contributed by atoms with E-state index >= 15 is 0 Å². The summed E-state index contributed by atoms with van der Waals surface area (Å²) in [7, 11) is 0. The zero-order valence-electron chi connectivity index (χ0n) is 9.88. The van der Waals surface area contributed by atoms with E-state index in [1.165, 1.54) is 6.07 Å². The number of benzene rings is 1. The van der Waals surface area contributed by atoms with Crippen molar-refractivity contribution in [3.05, 3.63) is 40.5 Å². The summed E-state index contributed by atoms with van der Waals surface area (Å²) in [5, 5.41) is 17.0. The van der Waals surface area contributed by atoms with Crippen LogP contribution in [0.2, 0.25) is 0 Å². The monoisotopic (exact) mass is 309 g/mol. The Kier molecular flexibility index (Phi) is 4.32. The molecule has 0 saturated heterocycles. The molecule has 1 aromatic carbocycles. The highest BCUT2D eigenvalue weighted by Gasteiger charge is 2.36. The molecule has 0 aliphatic heterocycles. The number of halogens is 6. The fourth-order valence-corrected chi connectivity index (χ4v) is 1.37. The first-order chi connectivity index (χ1) is 9.45. The lowest BCUT2D eigenvalue weighted by Gasteiger charge is -2.12. The number of nitriles is 1. The molecule has 1 rings (SSSR count). The minimum atomic E-state index is -5.04. The molecule has 3 nitrogen and oxygen atoms in total. The van der Waals surface area contributed by atoms with E-state index in [0.29, 0.717) is 18.2 Å². The van der Waals surface area contributed by atoms with E-state index in [1.807, 2.05) is 0 Å². The van der Waals surface area contributed by atoms with Gasteiger partial charge in [0.15, 0.2) is 0 Å². The summed E-state index contributed by atoms with van der Waals surface area (Å²) in [5.74, 6) is -1.76. The Morgan fingerprint density at radius 1 is 1.05 bits per heavy atom. The van der Waals surface area contributed by atoms with Crippen molar-refractivity contribution in [3.8, 4) is 6.07 Å². The van der Waals surface area contributed by atoms with Crippen LogP contribution < -0.4 is 0 Å². The van der Waals surface area contributed by atoms with E-state index in [0.717, 1.165) is 0 Å². The molecule has 0 radical (unpaired) electrons. The highest BCUT2D eigenvalue weighted by Crippen LogP contribution is 2.36. The van der Waals surface area contributed by atoms with Crippen molar-refractivity contribution in [2.24, 2.45) is 0 Å². The minimum Gasteiger partial charge on any atom is -0.477 e. The lowest BCUT2D eigenvalue weighted by Crippen LogP contribution is -2.11. The van der Waals surface area contributed by atoms with Gasteiger partial charge in [0.1, 0.15) is 11.6 Å². The summed E-state index contributed by atoms with van der Waals surface area (Å²) >= 11 is 0. The summed E-state index contributed by atoms with van der Waals surface area (Å²) in [5.41, 5.74) is -4.85. The van der Waals surface area contributed by atoms with Crippen LogP contribution in [0.3, 0.4) is 0 Å². The van der Waals surface area contributed by atoms with Gasteiger partial charge >= 0.3 is 18.3 Å². The van der Waals surface area contributed by atoms with Crippen LogP contribution in [0.15, 0.2) is 23.8 Å². The SMILES string of the molecule is N#C/C(=C\c1cc(C(F)(F)F)cc(C(F)(F)F)c1)C(=O)O. The van der Waals surface area contributed by atoms with Crippen LogP contribution in [0.4, 0.5) is 26.3 Å². The first-order valence-corrected chi connectivity index (χ1v) is 5.09. The average molecular weight is 309 g/mol. The maximum atomic E-state index is 12.5. The van der Waals surface area contributed by atoms with E-state index in [-0.39, 0.29) is 6.07 Å². The Hall–Kier alpha value is -2.50. The van der Waals surface area contributed by atoms with Gasteiger partial charge in [-0.15, -0.1) is 0 Å². The molecule has 9 heteroatoms. The van der Waals surface area contributed by atoms with Gasteiger partial charge in [-0.2, -0.15) is 31.6 Å². The molecule has 0 heterocycles. The molecule has 0 amide bonds. The molecule has 1 N–H and O–H groups in total. The molecule has 0 saturated carbocycles. The molecule has 21 heavy (non-hydrogen) atoms. The van der Waals surface area contributed by atoms with Gasteiger partial charge in [-0.05, 0) is 29.8 Å². The molecule has 0 aromatic heterocycles. The molecule has 0 unspecified atom stereocenters. The van der Waals surface area contributed by atoms with Crippen LogP contribution in [-0.4, -0.2) is 11.1 Å². The molecule has 0 bridgehead atoms. The topological polar surface area (TPSA) is 61.1 Å². The third-order valence-electron chi connectivity index (χ3n) is 2.27. The van der Waals surface area contributed by atoms with Crippen LogP contribution in [0.1, 0.15) is 16.7 Å². The molecular formula is C12H5F6NO2. The number of carboxylic acid groups (broad SMARTS) is 1. The van der Waals surface area contributed by atoms with E-state index < -0.39 is 40.6 Å². The van der Waals surface area contributed by atoms with Crippen molar-refractivity contribution in [1.29, 1.82) is 5.26 Å². The zero-order chi connectivity index (χ0) is 16.4. The summed E-state index contributed by atoms with van der Waals surface area (Å²) < 4.78 is 75.3. The number of aliphatic carboxylic acids is 1. The number of hydrogen-bond donors (Lipinski definition) is 1. The molecule has 0 aliphatic rings. The van der Waals surface area contributed by atoms with Crippen LogP contribution in [0.5, 0.6) is 0 Å². The van der Waals surface area contributed by atoms with Gasteiger partial charge in [-0.3, -0.25) is 0 Å². The van der Waals surface area contributed by atoms with Gasteiger partial charge in [0.2, 0.25) is 0 Å². The highest BCUT2D eigenvalue weighted by molar-refractivity contribution is 5.96. The fourth-order valence-electron chi connectivity index (χ4n) is 1.37. The van der Waals surface area contributed by atoms with Crippen molar-refractivity contribution in [1.82, 2.24) is 0 Å². The van der Waals surface area contributed by atoms with Gasteiger partial charge in [-0.25, -0.2) is 4.79 Å². The number of carbonyl (C=O) groups is 1. The number of nitrogens with zero attached hydrogens (tertiary/aromatic N) is 1. The van der Waals surface area contributed by atoms with Crippen molar-refractivity contribution in [2.45, 2.75) is 12.4 Å². The molecule has 0 aliphatic carbocycles. The first-order valence-electron chi connectivity index (χ1n) is 5.09. The highest BCUT2D eigenvalue weighted by atomic mass is 19.4. The van der Waals surface area contributed by atoms with Crippen molar-refractivity contribution in [3.63, 3.8) is 0 Å². The number of alkyl halides is 6. The van der Waals surface area contributed by atoms with Crippen molar-refractivity contribution in [2.75, 3.05) is 0 Å². The second kappa shape index (κ2) is 5.47. The van der Waals surface area contributed by atoms with E-state index in [1.54, 1.807) is 0 Å². The van der Waals surface area contributed by atoms with Gasteiger partial charge < -0.3 is 5.11 Å². The van der Waals surface area contributed by atoms with Gasteiger partial charge in [0.25, 0.3) is 0 Å². The lowest BCUT2D eigenvalue weighted by molar-refractivity contribution is -0.143. The van der Waals surface area contributed by atoms with Crippen LogP contribution >= 0.6 is 0 Å². The summed E-state index contributed by atoms with van der Waals surface area (Å²) in [6, 6.07) is 1.73. The molecule has 0 atom stereocenters. The largest absolute Gasteiger partial charge is 0.477 e. The number of rotatable bonds is 2. The Labute approximate surface area is 113 Å². The quantitative estimate of drug-likeness (QED) is 0.514. The van der Waals surface area contributed by atoms with Crippen LogP contribution in [-0.2, 0) is 17.1 Å². The van der Waals surface area contributed by atoms with E-state index in [4.69, 9.17) is 10.4 Å². The predicted molar refractivity (Wildman–Crippen MR) is 57.7 cm³/mol. The second-order valence-corrected chi connectivity index (χ2v) is 3.81. The molecule has 0 spiro atoms. The third kappa shape index (κ3) is 4.24. The normalized spacial score (nSPS) is 12.9. The summed E-state index contributed by atoms with van der Waals surface area (Å²) in [4.78, 5) is 10.6. The first kappa shape index (κ1) is 16.6. The Morgan fingerprint density at radius 3 is 1.76 bits per heavy atom. The zero-order valence-corrected chi connectivity index (χ0v) is 9.88. The molecule has 112 valence electrons. The van der Waals surface area contributed by atoms with E-state index in [9.17, 15) is 31.1 Å². The van der Waals surface area contributed by atoms with Crippen LogP contribution in [0, 0.1) is 11.3 Å². The second-order valence-electron chi connectivity index (χ2n) is 3.81. The minimum absolute atomic E-state index is 0.0931.